The van der Waals surface area contributed by atoms with Gasteiger partial charge in [0.05, 0.1) is 16.7 Å². The van der Waals surface area contributed by atoms with E-state index in [4.69, 9.17) is 0 Å². The van der Waals surface area contributed by atoms with E-state index < -0.39 is 0 Å². The van der Waals surface area contributed by atoms with Crippen LogP contribution in [0.15, 0.2) is 47.2 Å². The number of carbonyl (C=O) groups excluding carboxylic acids is 1. The summed E-state index contributed by atoms with van der Waals surface area (Å²) in [7, 11) is 0. The van der Waals surface area contributed by atoms with Crippen molar-refractivity contribution in [1.82, 2.24) is 19.7 Å². The third-order valence-electron chi connectivity index (χ3n) is 3.94. The molecule has 0 bridgehead atoms. The van der Waals surface area contributed by atoms with Crippen LogP contribution in [0.2, 0.25) is 0 Å². The van der Waals surface area contributed by atoms with Gasteiger partial charge < -0.3 is 5.32 Å². The highest BCUT2D eigenvalue weighted by Gasteiger charge is 2.31. The van der Waals surface area contributed by atoms with E-state index in [0.29, 0.717) is 17.5 Å². The lowest BCUT2D eigenvalue weighted by atomic mass is 10.0. The zero-order valence-electron chi connectivity index (χ0n) is 13.3. The fraction of sp³-hybridized carbons (Fsp3) is 0.176. The first-order valence-corrected chi connectivity index (χ1v) is 9.52. The lowest BCUT2D eigenvalue weighted by molar-refractivity contribution is -0.113. The van der Waals surface area contributed by atoms with Crippen LogP contribution in [0.5, 0.6) is 0 Å². The van der Waals surface area contributed by atoms with Crippen LogP contribution in [0.1, 0.15) is 22.1 Å². The van der Waals surface area contributed by atoms with Crippen LogP contribution in [0, 0.1) is 6.92 Å². The molecule has 1 aliphatic rings. The first-order chi connectivity index (χ1) is 12.1. The Hall–Kier alpha value is -2.19. The van der Waals surface area contributed by atoms with Gasteiger partial charge in [-0.3, -0.25) is 4.79 Å². The second-order valence-corrected chi connectivity index (χ2v) is 7.52. The van der Waals surface area contributed by atoms with Crippen molar-refractivity contribution in [3.63, 3.8) is 0 Å². The Balaban J connectivity index is 1.92. The number of aryl methyl sites for hydroxylation is 1. The number of thioether (sulfide) groups is 1. The summed E-state index contributed by atoms with van der Waals surface area (Å²) in [5.41, 5.74) is 2.94. The van der Waals surface area contributed by atoms with Crippen LogP contribution in [-0.2, 0) is 4.79 Å². The van der Waals surface area contributed by atoms with Gasteiger partial charge in [-0.15, -0.1) is 11.8 Å². The zero-order valence-corrected chi connectivity index (χ0v) is 15.7. The van der Waals surface area contributed by atoms with Gasteiger partial charge in [0.2, 0.25) is 5.91 Å². The van der Waals surface area contributed by atoms with Crippen molar-refractivity contribution in [2.75, 3.05) is 11.1 Å². The smallest absolute Gasteiger partial charge is 0.252 e. The summed E-state index contributed by atoms with van der Waals surface area (Å²) in [5.74, 6) is 1.39. The van der Waals surface area contributed by atoms with Crippen LogP contribution < -0.4 is 5.32 Å². The summed E-state index contributed by atoms with van der Waals surface area (Å²) >= 11 is 5.22. The van der Waals surface area contributed by atoms with E-state index >= 15 is 0 Å². The van der Waals surface area contributed by atoms with E-state index in [1.165, 1.54) is 0 Å². The summed E-state index contributed by atoms with van der Waals surface area (Å²) in [6, 6.07) is 9.80. The molecule has 0 fully saturated rings. The number of hydrogen-bond acceptors (Lipinski definition) is 5. The maximum atomic E-state index is 12.3. The standard InChI is InChI=1S/C17H14BrN5OS/c1-10-14-15(11-5-2-3-6-12(11)18)25-9-13(24)21-16(14)23(22-10)17-19-7-4-8-20-17/h2-8,15H,9H2,1H3,(H,21,24). The maximum Gasteiger partial charge on any atom is 0.252 e. The molecule has 1 aromatic carbocycles. The first-order valence-electron chi connectivity index (χ1n) is 7.68. The Bertz CT molecular complexity index is 943. The second-order valence-electron chi connectivity index (χ2n) is 5.57. The van der Waals surface area contributed by atoms with Gasteiger partial charge in [0, 0.05) is 22.4 Å². The number of hydrogen-bond donors (Lipinski definition) is 1. The van der Waals surface area contributed by atoms with Gasteiger partial charge in [-0.2, -0.15) is 9.78 Å². The molecule has 4 rings (SSSR count). The van der Waals surface area contributed by atoms with Crippen LogP contribution in [0.3, 0.4) is 0 Å². The summed E-state index contributed by atoms with van der Waals surface area (Å²) in [5, 5.41) is 7.56. The number of nitrogens with zero attached hydrogens (tertiary/aromatic N) is 4. The molecule has 6 nitrogen and oxygen atoms in total. The molecule has 1 N–H and O–H groups in total. The maximum absolute atomic E-state index is 12.3. The second kappa shape index (κ2) is 6.61. The van der Waals surface area contributed by atoms with Crippen molar-refractivity contribution in [2.24, 2.45) is 0 Å². The van der Waals surface area contributed by atoms with E-state index in [0.717, 1.165) is 21.3 Å². The highest BCUT2D eigenvalue weighted by Crippen LogP contribution is 2.45. The van der Waals surface area contributed by atoms with E-state index in [-0.39, 0.29) is 11.2 Å². The van der Waals surface area contributed by atoms with Gasteiger partial charge >= 0.3 is 0 Å². The zero-order chi connectivity index (χ0) is 17.4. The minimum Gasteiger partial charge on any atom is -0.309 e. The van der Waals surface area contributed by atoms with Crippen LogP contribution in [-0.4, -0.2) is 31.4 Å². The number of nitrogens with one attached hydrogen (secondary N) is 1. The molecular weight excluding hydrogens is 402 g/mol. The molecule has 126 valence electrons. The van der Waals surface area contributed by atoms with Crippen molar-refractivity contribution < 1.29 is 4.79 Å². The average Bonchev–Trinajstić information content (AvgIpc) is 2.83. The largest absolute Gasteiger partial charge is 0.309 e. The molecule has 25 heavy (non-hydrogen) atoms. The van der Waals surface area contributed by atoms with Crippen molar-refractivity contribution in [2.45, 2.75) is 12.2 Å². The number of rotatable bonds is 2. The Morgan fingerprint density at radius 3 is 2.76 bits per heavy atom. The molecule has 1 unspecified atom stereocenters. The highest BCUT2D eigenvalue weighted by atomic mass is 79.9. The van der Waals surface area contributed by atoms with Gasteiger partial charge in [-0.05, 0) is 24.6 Å². The summed E-state index contributed by atoms with van der Waals surface area (Å²) in [6.45, 7) is 1.94. The molecule has 0 radical (unpaired) electrons. The minimum atomic E-state index is -0.0575. The van der Waals surface area contributed by atoms with Crippen molar-refractivity contribution in [3.05, 3.63) is 64.0 Å². The number of halogens is 1. The number of anilines is 1. The number of amides is 1. The van der Waals surface area contributed by atoms with E-state index in [9.17, 15) is 4.79 Å². The van der Waals surface area contributed by atoms with Gasteiger partial charge in [-0.1, -0.05) is 34.1 Å². The lowest BCUT2D eigenvalue weighted by Gasteiger charge is -2.16. The molecule has 1 aliphatic heterocycles. The molecule has 0 spiro atoms. The summed E-state index contributed by atoms with van der Waals surface area (Å²) in [4.78, 5) is 20.8. The average molecular weight is 416 g/mol. The number of aromatic nitrogens is 4. The number of fused-ring (bicyclic) bond motifs is 1. The van der Waals surface area contributed by atoms with Crippen LogP contribution in [0.4, 0.5) is 5.82 Å². The predicted octanol–water partition coefficient (Wildman–Crippen LogP) is 3.51. The predicted molar refractivity (Wildman–Crippen MR) is 101 cm³/mol. The molecule has 2 aromatic heterocycles. The van der Waals surface area contributed by atoms with Gasteiger partial charge in [0.1, 0.15) is 5.82 Å². The first kappa shape index (κ1) is 16.3. The summed E-state index contributed by atoms with van der Waals surface area (Å²) < 4.78 is 2.62. The monoisotopic (exact) mass is 415 g/mol. The Morgan fingerprint density at radius 2 is 2.00 bits per heavy atom. The molecule has 8 heteroatoms. The van der Waals surface area contributed by atoms with Crippen LogP contribution in [0.25, 0.3) is 5.95 Å². The lowest BCUT2D eigenvalue weighted by Crippen LogP contribution is -2.16. The van der Waals surface area contributed by atoms with Gasteiger partial charge in [0.15, 0.2) is 0 Å². The number of benzene rings is 1. The van der Waals surface area contributed by atoms with E-state index in [2.05, 4.69) is 42.4 Å². The highest BCUT2D eigenvalue weighted by molar-refractivity contribution is 9.10. The molecular formula is C17H14BrN5OS. The van der Waals surface area contributed by atoms with Crippen molar-refractivity contribution in [3.8, 4) is 5.95 Å². The van der Waals surface area contributed by atoms with E-state index in [1.54, 1.807) is 34.9 Å². The number of carbonyl (C=O) groups is 1. The molecule has 0 aliphatic carbocycles. The van der Waals surface area contributed by atoms with Crippen molar-refractivity contribution in [1.29, 1.82) is 0 Å². The SMILES string of the molecule is Cc1nn(-c2ncccn2)c2c1C(c1ccccc1Br)SCC(=O)N2. The minimum absolute atomic E-state index is 0.0120. The molecule has 3 heterocycles. The fourth-order valence-corrected chi connectivity index (χ4v) is 4.75. The topological polar surface area (TPSA) is 72.7 Å². The molecule has 3 aromatic rings. The van der Waals surface area contributed by atoms with Gasteiger partial charge in [-0.25, -0.2) is 9.97 Å². The van der Waals surface area contributed by atoms with E-state index in [1.807, 2.05) is 25.1 Å². The summed E-state index contributed by atoms with van der Waals surface area (Å²) in [6.07, 6.45) is 3.31. The molecule has 0 saturated carbocycles. The third kappa shape index (κ3) is 2.96. The van der Waals surface area contributed by atoms with Gasteiger partial charge in [0.25, 0.3) is 5.95 Å². The Kier molecular flexibility index (Phi) is 4.30. The Labute approximate surface area is 157 Å². The third-order valence-corrected chi connectivity index (χ3v) is 5.91. The Morgan fingerprint density at radius 1 is 1.24 bits per heavy atom. The molecule has 1 atom stereocenters. The fourth-order valence-electron chi connectivity index (χ4n) is 2.86. The molecule has 1 amide bonds. The van der Waals surface area contributed by atoms with Crippen molar-refractivity contribution >= 4 is 39.4 Å². The molecule has 0 saturated heterocycles. The quantitative estimate of drug-likeness (QED) is 0.692. The van der Waals surface area contributed by atoms with Crippen LogP contribution >= 0.6 is 27.7 Å². The normalized spacial score (nSPS) is 16.9.